The van der Waals surface area contributed by atoms with Crippen molar-refractivity contribution in [1.82, 2.24) is 4.31 Å². The molecule has 0 unspecified atom stereocenters. The number of aromatic hydroxyl groups is 1. The van der Waals surface area contributed by atoms with Gasteiger partial charge in [0.2, 0.25) is 21.7 Å². The van der Waals surface area contributed by atoms with Gasteiger partial charge >= 0.3 is 5.97 Å². The number of nitrogens with zero attached hydrogens (tertiary/aromatic N) is 2. The molecule has 0 spiro atoms. The molecular weight excluding hydrogens is 611 g/mol. The topological polar surface area (TPSA) is 115 Å². The number of rotatable bonds is 8. The average Bonchev–Trinajstić information content (AvgIpc) is 3.71. The first-order valence-corrected chi connectivity index (χ1v) is 15.3. The van der Waals surface area contributed by atoms with Gasteiger partial charge < -0.3 is 15.1 Å². The Kier molecular flexibility index (Phi) is 8.67. The van der Waals surface area contributed by atoms with E-state index in [-0.39, 0.29) is 25.1 Å². The second kappa shape index (κ2) is 12.2. The number of carbonyl (C=O) groups excluding carboxylic acids is 1. The summed E-state index contributed by atoms with van der Waals surface area (Å²) in [5.74, 6) is -15.1. The van der Waals surface area contributed by atoms with Crippen molar-refractivity contribution in [3.05, 3.63) is 88.2 Å². The van der Waals surface area contributed by atoms with E-state index in [2.05, 4.69) is 0 Å². The lowest BCUT2D eigenvalue weighted by Crippen LogP contribution is -2.48. The monoisotopic (exact) mass is 638 g/mol. The van der Waals surface area contributed by atoms with Crippen LogP contribution in [0, 0.1) is 29.1 Å². The van der Waals surface area contributed by atoms with Gasteiger partial charge in [0.05, 0.1) is 6.54 Å². The van der Waals surface area contributed by atoms with Gasteiger partial charge in [-0.3, -0.25) is 4.79 Å². The molecule has 2 fully saturated rings. The predicted molar refractivity (Wildman–Crippen MR) is 147 cm³/mol. The molecule has 1 heterocycles. The predicted octanol–water partition coefficient (Wildman–Crippen LogP) is 5.83. The number of carbonyl (C=O) groups is 2. The summed E-state index contributed by atoms with van der Waals surface area (Å²) >= 11 is 0. The second-order valence-electron chi connectivity index (χ2n) is 10.8. The van der Waals surface area contributed by atoms with Gasteiger partial charge in [-0.2, -0.15) is 4.31 Å². The molecule has 1 saturated carbocycles. The molecule has 0 radical (unpaired) electrons. The molecule has 1 amide bonds. The van der Waals surface area contributed by atoms with E-state index in [0.29, 0.717) is 15.8 Å². The first kappa shape index (κ1) is 31.4. The van der Waals surface area contributed by atoms with E-state index >= 15 is 0 Å². The van der Waals surface area contributed by atoms with Crippen LogP contribution in [0.4, 0.5) is 27.6 Å². The Morgan fingerprint density at radius 1 is 0.841 bits per heavy atom. The third-order valence-corrected chi connectivity index (χ3v) is 10.1. The van der Waals surface area contributed by atoms with Gasteiger partial charge in [0.25, 0.3) is 0 Å². The van der Waals surface area contributed by atoms with Crippen LogP contribution in [0.15, 0.2) is 47.4 Å². The van der Waals surface area contributed by atoms with Gasteiger partial charge in [-0.1, -0.05) is 37.1 Å². The lowest BCUT2D eigenvalue weighted by Gasteiger charge is -2.30. The van der Waals surface area contributed by atoms with E-state index in [0.717, 1.165) is 48.3 Å². The number of benzene rings is 3. The lowest BCUT2D eigenvalue weighted by molar-refractivity contribution is -0.121. The molecule has 8 nitrogen and oxygen atoms in total. The van der Waals surface area contributed by atoms with Crippen molar-refractivity contribution in [3.63, 3.8) is 0 Å². The lowest BCUT2D eigenvalue weighted by atomic mass is 9.96. The van der Waals surface area contributed by atoms with E-state index in [1.807, 2.05) is 12.1 Å². The summed E-state index contributed by atoms with van der Waals surface area (Å²) in [6.45, 7) is -0.631. The van der Waals surface area contributed by atoms with Crippen molar-refractivity contribution in [2.45, 2.75) is 61.9 Å². The number of amides is 1. The second-order valence-corrected chi connectivity index (χ2v) is 12.7. The Morgan fingerprint density at radius 2 is 1.43 bits per heavy atom. The van der Waals surface area contributed by atoms with Gasteiger partial charge in [-0.05, 0) is 54.9 Å². The van der Waals surface area contributed by atoms with Crippen molar-refractivity contribution in [2.24, 2.45) is 0 Å². The number of anilines is 1. The highest BCUT2D eigenvalue weighted by molar-refractivity contribution is 7.89. The Labute approximate surface area is 249 Å². The first-order chi connectivity index (χ1) is 20.8. The van der Waals surface area contributed by atoms with Crippen LogP contribution in [-0.2, 0) is 21.4 Å². The normalized spacial score (nSPS) is 17.7. The van der Waals surface area contributed by atoms with Crippen LogP contribution in [0.2, 0.25) is 0 Å². The third-order valence-electron chi connectivity index (χ3n) is 8.16. The summed E-state index contributed by atoms with van der Waals surface area (Å²) in [5, 5.41) is 19.6. The van der Waals surface area contributed by atoms with E-state index in [4.69, 9.17) is 0 Å². The summed E-state index contributed by atoms with van der Waals surface area (Å²) in [6.07, 6.45) is 4.22. The Bertz CT molecular complexity index is 1700. The molecule has 44 heavy (non-hydrogen) atoms. The Hall–Kier alpha value is -4.04. The third kappa shape index (κ3) is 5.63. The van der Waals surface area contributed by atoms with Crippen LogP contribution in [0.3, 0.4) is 0 Å². The van der Waals surface area contributed by atoms with Crippen LogP contribution in [0.5, 0.6) is 5.75 Å². The smallest absolute Gasteiger partial charge is 0.339 e. The van der Waals surface area contributed by atoms with Crippen LogP contribution in [0.25, 0.3) is 0 Å². The fourth-order valence-corrected chi connectivity index (χ4v) is 7.65. The van der Waals surface area contributed by atoms with Crippen LogP contribution in [-0.4, -0.2) is 47.4 Å². The zero-order chi connectivity index (χ0) is 31.9. The number of sulfonamides is 1. The molecule has 3 aromatic rings. The maximum atomic E-state index is 14.6. The number of carboxylic acid groups (broad SMARTS) is 1. The number of hydrogen-bond donors (Lipinski definition) is 2. The molecule has 1 aliphatic carbocycles. The Balaban J connectivity index is 1.53. The quantitative estimate of drug-likeness (QED) is 0.182. The van der Waals surface area contributed by atoms with Crippen LogP contribution < -0.4 is 4.90 Å². The number of hydrogen-bond acceptors (Lipinski definition) is 5. The van der Waals surface area contributed by atoms with Crippen molar-refractivity contribution in [2.75, 3.05) is 11.4 Å². The van der Waals surface area contributed by atoms with Crippen LogP contribution in [0.1, 0.15) is 65.9 Å². The maximum Gasteiger partial charge on any atom is 0.339 e. The molecule has 2 aliphatic rings. The highest BCUT2D eigenvalue weighted by atomic mass is 32.2. The average molecular weight is 639 g/mol. The molecule has 14 heteroatoms. The summed E-state index contributed by atoms with van der Waals surface area (Å²) in [4.78, 5) is 24.5. The van der Waals surface area contributed by atoms with Gasteiger partial charge in [-0.15, -0.1) is 0 Å². The standard InChI is InChI=1S/C30H27F5N2O6S/c31-23-24(32)26(34)28(27(35)25(23)33)44(42,43)37-13-3-6-21(37)29(39)36(19-11-12-20(30(40)41)22(38)14-19)15-16-7-9-18(10-8-16)17-4-1-2-5-17/h7-12,14,17,21,38H,1-6,13,15H2,(H,40,41)/t21-/m1/s1. The SMILES string of the molecule is O=C(O)c1ccc(N(Cc2ccc(C3CCCC3)cc2)C(=O)[C@H]2CCCN2S(=O)(=O)c2c(F)c(F)c(F)c(F)c2F)cc1O. The minimum absolute atomic E-state index is 0.0159. The number of carboxylic acids is 1. The maximum absolute atomic E-state index is 14.6. The fourth-order valence-electron chi connectivity index (χ4n) is 5.89. The molecule has 2 N–H and O–H groups in total. The molecule has 3 aromatic carbocycles. The summed E-state index contributed by atoms with van der Waals surface area (Å²) in [6, 6.07) is 9.04. The van der Waals surface area contributed by atoms with Crippen molar-refractivity contribution in [1.29, 1.82) is 0 Å². The molecule has 1 atom stereocenters. The van der Waals surface area contributed by atoms with E-state index < -0.39 is 79.8 Å². The number of halogens is 5. The van der Waals surface area contributed by atoms with Gasteiger partial charge in [-0.25, -0.2) is 35.2 Å². The zero-order valence-electron chi connectivity index (χ0n) is 23.1. The minimum atomic E-state index is -5.42. The molecular formula is C30H27F5N2O6S. The minimum Gasteiger partial charge on any atom is -0.507 e. The van der Waals surface area contributed by atoms with Crippen LogP contribution >= 0.6 is 0 Å². The van der Waals surface area contributed by atoms with Gasteiger partial charge in [0, 0.05) is 18.3 Å². The molecule has 5 rings (SSSR count). The number of aromatic carboxylic acids is 1. The molecule has 0 aromatic heterocycles. The van der Waals surface area contributed by atoms with Crippen molar-refractivity contribution in [3.8, 4) is 5.75 Å². The fraction of sp³-hybridized carbons (Fsp3) is 0.333. The highest BCUT2D eigenvalue weighted by Gasteiger charge is 2.45. The number of phenols is 1. The molecule has 0 bridgehead atoms. The van der Waals surface area contributed by atoms with E-state index in [9.17, 15) is 50.2 Å². The van der Waals surface area contributed by atoms with Gasteiger partial charge in [0.15, 0.2) is 28.2 Å². The summed E-state index contributed by atoms with van der Waals surface area (Å²) in [7, 11) is -5.42. The summed E-state index contributed by atoms with van der Waals surface area (Å²) < 4.78 is 97.8. The summed E-state index contributed by atoms with van der Waals surface area (Å²) in [5.41, 5.74) is 1.23. The van der Waals surface area contributed by atoms with E-state index in [1.54, 1.807) is 12.1 Å². The molecule has 1 aliphatic heterocycles. The Morgan fingerprint density at radius 3 is 2.00 bits per heavy atom. The molecule has 1 saturated heterocycles. The van der Waals surface area contributed by atoms with E-state index in [1.165, 1.54) is 6.07 Å². The van der Waals surface area contributed by atoms with Crippen molar-refractivity contribution < 1.29 is 50.2 Å². The van der Waals surface area contributed by atoms with Crippen molar-refractivity contribution >= 4 is 27.6 Å². The molecule has 234 valence electrons. The largest absolute Gasteiger partial charge is 0.507 e. The van der Waals surface area contributed by atoms with Gasteiger partial charge in [0.1, 0.15) is 17.4 Å². The highest BCUT2D eigenvalue weighted by Crippen LogP contribution is 2.36. The first-order valence-electron chi connectivity index (χ1n) is 13.8. The zero-order valence-corrected chi connectivity index (χ0v) is 23.9.